The van der Waals surface area contributed by atoms with Crippen LogP contribution in [0.5, 0.6) is 5.75 Å². The molecule has 2 aliphatic rings. The van der Waals surface area contributed by atoms with Crippen LogP contribution in [0.4, 0.5) is 0 Å². The van der Waals surface area contributed by atoms with Gasteiger partial charge in [0.15, 0.2) is 0 Å². The van der Waals surface area contributed by atoms with Gasteiger partial charge in [-0.1, -0.05) is 27.5 Å². The van der Waals surface area contributed by atoms with E-state index in [-0.39, 0.29) is 17.6 Å². The highest BCUT2D eigenvalue weighted by molar-refractivity contribution is 9.10. The molecule has 0 aliphatic heterocycles. The molecule has 2 aliphatic carbocycles. The molecule has 2 bridgehead atoms. The number of aliphatic hydroxyl groups is 1. The Balaban J connectivity index is 2.10. The molecular formula is C15H16BrClO3. The van der Waals surface area contributed by atoms with Crippen LogP contribution in [0.25, 0.3) is 0 Å². The lowest BCUT2D eigenvalue weighted by Gasteiger charge is -2.33. The van der Waals surface area contributed by atoms with Crippen molar-refractivity contribution >= 4 is 33.3 Å². The largest absolute Gasteiger partial charge is 0.496 e. The molecule has 5 heteroatoms. The molecule has 0 heterocycles. The van der Waals surface area contributed by atoms with E-state index in [4.69, 9.17) is 16.3 Å². The minimum absolute atomic E-state index is 0.0674. The summed E-state index contributed by atoms with van der Waals surface area (Å²) in [7, 11) is 1.55. The number of aliphatic hydroxyl groups excluding tert-OH is 1. The normalized spacial score (nSPS) is 32.5. The number of carbonyl (C=O) groups is 1. The summed E-state index contributed by atoms with van der Waals surface area (Å²) >= 11 is 9.69. The van der Waals surface area contributed by atoms with Gasteiger partial charge in [0.2, 0.25) is 0 Å². The Bertz CT molecular complexity index is 560. The topological polar surface area (TPSA) is 46.5 Å². The van der Waals surface area contributed by atoms with E-state index in [1.54, 1.807) is 19.2 Å². The van der Waals surface area contributed by atoms with Crippen molar-refractivity contribution in [3.63, 3.8) is 0 Å². The van der Waals surface area contributed by atoms with Crippen LogP contribution in [0, 0.1) is 11.8 Å². The molecule has 0 amide bonds. The van der Waals surface area contributed by atoms with E-state index in [1.165, 1.54) is 0 Å². The Morgan fingerprint density at radius 3 is 2.85 bits per heavy atom. The minimum atomic E-state index is -0.658. The van der Waals surface area contributed by atoms with Crippen molar-refractivity contribution in [2.45, 2.75) is 31.3 Å². The molecule has 0 spiro atoms. The van der Waals surface area contributed by atoms with Gasteiger partial charge in [-0.2, -0.15) is 0 Å². The Labute approximate surface area is 131 Å². The molecule has 1 aromatic rings. The lowest BCUT2D eigenvalue weighted by Crippen LogP contribution is -2.38. The Morgan fingerprint density at radius 1 is 1.40 bits per heavy atom. The molecule has 2 fully saturated rings. The Hall–Kier alpha value is -0.580. The van der Waals surface area contributed by atoms with Crippen LogP contribution in [0.1, 0.15) is 30.7 Å². The molecule has 4 atom stereocenters. The van der Waals surface area contributed by atoms with E-state index in [0.29, 0.717) is 16.3 Å². The van der Waals surface area contributed by atoms with Crippen LogP contribution in [0.15, 0.2) is 16.6 Å². The average molecular weight is 360 g/mol. The number of methoxy groups -OCH3 is 1. The molecular weight excluding hydrogens is 344 g/mol. The molecule has 108 valence electrons. The number of rotatable bonds is 2. The molecule has 2 saturated carbocycles. The maximum atomic E-state index is 12.6. The highest BCUT2D eigenvalue weighted by Gasteiger charge is 2.48. The van der Waals surface area contributed by atoms with Crippen molar-refractivity contribution in [2.75, 3.05) is 7.11 Å². The number of ketones is 1. The third-order valence-electron chi connectivity index (χ3n) is 4.59. The standard InChI is InChI=1S/C15H16BrClO3/c1-20-11-6-9(16)5-10(17)12(11)13-14(18)7-2-3-8(4-7)15(13)19/h5-8,13-14,18H,2-4H2,1H3. The summed E-state index contributed by atoms with van der Waals surface area (Å²) in [6.45, 7) is 0. The summed E-state index contributed by atoms with van der Waals surface area (Å²) in [4.78, 5) is 12.6. The fraction of sp³-hybridized carbons (Fsp3) is 0.533. The van der Waals surface area contributed by atoms with E-state index in [1.807, 2.05) is 0 Å². The first-order valence-electron chi connectivity index (χ1n) is 6.77. The van der Waals surface area contributed by atoms with Crippen molar-refractivity contribution in [3.05, 3.63) is 27.2 Å². The fourth-order valence-electron chi connectivity index (χ4n) is 3.62. The highest BCUT2D eigenvalue weighted by atomic mass is 79.9. The molecule has 4 unspecified atom stereocenters. The minimum Gasteiger partial charge on any atom is -0.496 e. The lowest BCUT2D eigenvalue weighted by atomic mass is 9.74. The molecule has 3 rings (SSSR count). The Morgan fingerprint density at radius 2 is 2.15 bits per heavy atom. The number of hydrogen-bond acceptors (Lipinski definition) is 3. The van der Waals surface area contributed by atoms with Crippen LogP contribution in [-0.2, 0) is 4.79 Å². The van der Waals surface area contributed by atoms with Crippen molar-refractivity contribution in [1.82, 2.24) is 0 Å². The first kappa shape index (κ1) is 14.4. The summed E-state index contributed by atoms with van der Waals surface area (Å²) in [5.74, 6) is 0.374. The number of ether oxygens (including phenoxy) is 1. The van der Waals surface area contributed by atoms with E-state index in [9.17, 15) is 9.90 Å². The zero-order valence-corrected chi connectivity index (χ0v) is 13.4. The van der Waals surface area contributed by atoms with Gasteiger partial charge in [-0.3, -0.25) is 4.79 Å². The van der Waals surface area contributed by atoms with E-state index in [2.05, 4.69) is 15.9 Å². The maximum Gasteiger partial charge on any atom is 0.146 e. The molecule has 1 aromatic carbocycles. The first-order chi connectivity index (χ1) is 9.52. The zero-order chi connectivity index (χ0) is 14.4. The second-order valence-electron chi connectivity index (χ2n) is 5.64. The number of halogens is 2. The summed E-state index contributed by atoms with van der Waals surface area (Å²) in [5.41, 5.74) is 0.631. The molecule has 0 saturated heterocycles. The predicted molar refractivity (Wildman–Crippen MR) is 80.3 cm³/mol. The van der Waals surface area contributed by atoms with Crippen LogP contribution in [0.2, 0.25) is 5.02 Å². The fourth-order valence-corrected chi connectivity index (χ4v) is 4.52. The van der Waals surface area contributed by atoms with Gasteiger partial charge < -0.3 is 9.84 Å². The number of Topliss-reactive ketones (excluding diaryl/α,β-unsaturated/α-hetero) is 1. The molecule has 20 heavy (non-hydrogen) atoms. The maximum absolute atomic E-state index is 12.6. The van der Waals surface area contributed by atoms with Gasteiger partial charge in [0.1, 0.15) is 11.5 Å². The zero-order valence-electron chi connectivity index (χ0n) is 11.1. The van der Waals surface area contributed by atoms with Gasteiger partial charge in [0.05, 0.1) is 19.1 Å². The second-order valence-corrected chi connectivity index (χ2v) is 6.97. The Kier molecular flexibility index (Phi) is 3.82. The van der Waals surface area contributed by atoms with E-state index < -0.39 is 12.0 Å². The quantitative estimate of drug-likeness (QED) is 0.878. The second kappa shape index (κ2) is 5.32. The van der Waals surface area contributed by atoms with Crippen molar-refractivity contribution in [2.24, 2.45) is 11.8 Å². The van der Waals surface area contributed by atoms with Crippen LogP contribution < -0.4 is 4.74 Å². The third kappa shape index (κ3) is 2.18. The van der Waals surface area contributed by atoms with Gasteiger partial charge in [-0.25, -0.2) is 0 Å². The van der Waals surface area contributed by atoms with E-state index in [0.717, 1.165) is 23.7 Å². The van der Waals surface area contributed by atoms with Gasteiger partial charge in [-0.15, -0.1) is 0 Å². The number of hydrogen-bond donors (Lipinski definition) is 1. The van der Waals surface area contributed by atoms with E-state index >= 15 is 0 Å². The highest BCUT2D eigenvalue weighted by Crippen LogP contribution is 2.49. The van der Waals surface area contributed by atoms with Crippen molar-refractivity contribution in [3.8, 4) is 5.75 Å². The number of carbonyl (C=O) groups excluding carboxylic acids is 1. The summed E-state index contributed by atoms with van der Waals surface area (Å²) < 4.78 is 6.17. The number of benzene rings is 1. The molecule has 3 nitrogen and oxygen atoms in total. The summed E-state index contributed by atoms with van der Waals surface area (Å²) in [6.07, 6.45) is 1.96. The van der Waals surface area contributed by atoms with Crippen LogP contribution in [-0.4, -0.2) is 24.1 Å². The van der Waals surface area contributed by atoms with Gasteiger partial charge in [0, 0.05) is 21.0 Å². The van der Waals surface area contributed by atoms with Gasteiger partial charge in [-0.05, 0) is 37.3 Å². The van der Waals surface area contributed by atoms with Gasteiger partial charge >= 0.3 is 0 Å². The SMILES string of the molecule is COc1cc(Br)cc(Cl)c1C1C(=O)C2CCC(C2)C1O. The number of fused-ring (bicyclic) bond motifs is 2. The lowest BCUT2D eigenvalue weighted by molar-refractivity contribution is -0.130. The molecule has 0 aromatic heterocycles. The predicted octanol–water partition coefficient (Wildman–Crippen LogP) is 3.55. The molecule has 0 radical (unpaired) electrons. The summed E-state index contributed by atoms with van der Waals surface area (Å²) in [5, 5.41) is 11.0. The van der Waals surface area contributed by atoms with Crippen LogP contribution in [0.3, 0.4) is 0 Å². The van der Waals surface area contributed by atoms with Gasteiger partial charge in [0.25, 0.3) is 0 Å². The van der Waals surface area contributed by atoms with Crippen molar-refractivity contribution < 1.29 is 14.6 Å². The van der Waals surface area contributed by atoms with Crippen LogP contribution >= 0.6 is 27.5 Å². The summed E-state index contributed by atoms with van der Waals surface area (Å²) in [6, 6.07) is 3.54. The first-order valence-corrected chi connectivity index (χ1v) is 7.94. The molecule has 1 N–H and O–H groups in total. The van der Waals surface area contributed by atoms with Crippen molar-refractivity contribution in [1.29, 1.82) is 0 Å². The third-order valence-corrected chi connectivity index (χ3v) is 5.36. The monoisotopic (exact) mass is 358 g/mol. The smallest absolute Gasteiger partial charge is 0.146 e. The average Bonchev–Trinajstić information content (AvgIpc) is 2.85.